The van der Waals surface area contributed by atoms with Crippen LogP contribution in [0.1, 0.15) is 28.0 Å². The molecular weight excluding hydrogens is 357 g/mol. The smallest absolute Gasteiger partial charge is 0.267 e. The number of rotatable bonds is 4. The fraction of sp³-hybridized carbons (Fsp3) is 0.167. The number of carbonyl (C=O) groups is 2. The number of halogens is 1. The minimum Gasteiger partial charge on any atom is -0.459 e. The van der Waals surface area contributed by atoms with E-state index in [4.69, 9.17) is 4.42 Å². The second kappa shape index (κ2) is 7.09. The summed E-state index contributed by atoms with van der Waals surface area (Å²) < 4.78 is 19.5. The summed E-state index contributed by atoms with van der Waals surface area (Å²) in [5.74, 6) is -0.0420. The standard InChI is InChI=1S/C18H16FN3O3S/c1-9-4-7-15(25-9)18-20-10(2)16(26-18)17(24)22-14-8-12(21-11(3)23)5-6-13(14)19/h4-8H,1-3H3,(H,21,23)(H,22,24). The first-order valence-corrected chi connectivity index (χ1v) is 8.58. The van der Waals surface area contributed by atoms with Crippen LogP contribution in [0.3, 0.4) is 0 Å². The maximum atomic E-state index is 14.0. The van der Waals surface area contributed by atoms with Gasteiger partial charge in [-0.3, -0.25) is 9.59 Å². The molecule has 0 spiro atoms. The molecule has 2 aromatic heterocycles. The fourth-order valence-electron chi connectivity index (χ4n) is 2.34. The lowest BCUT2D eigenvalue weighted by molar-refractivity contribution is -0.114. The summed E-state index contributed by atoms with van der Waals surface area (Å²) in [4.78, 5) is 28.4. The van der Waals surface area contributed by atoms with Crippen LogP contribution in [-0.4, -0.2) is 16.8 Å². The Morgan fingerprint density at radius 2 is 1.92 bits per heavy atom. The van der Waals surface area contributed by atoms with Crippen molar-refractivity contribution in [1.82, 2.24) is 4.98 Å². The first-order chi connectivity index (χ1) is 12.3. The van der Waals surface area contributed by atoms with Crippen LogP contribution in [0, 0.1) is 19.7 Å². The van der Waals surface area contributed by atoms with Gasteiger partial charge in [-0.15, -0.1) is 11.3 Å². The van der Waals surface area contributed by atoms with Gasteiger partial charge in [-0.1, -0.05) is 0 Å². The van der Waals surface area contributed by atoms with Crippen molar-refractivity contribution < 1.29 is 18.4 Å². The van der Waals surface area contributed by atoms with Gasteiger partial charge in [-0.2, -0.15) is 0 Å². The van der Waals surface area contributed by atoms with Crippen LogP contribution in [0.25, 0.3) is 10.8 Å². The van der Waals surface area contributed by atoms with Gasteiger partial charge in [0, 0.05) is 12.6 Å². The van der Waals surface area contributed by atoms with Gasteiger partial charge in [-0.05, 0) is 44.2 Å². The molecule has 3 aromatic rings. The highest BCUT2D eigenvalue weighted by Crippen LogP contribution is 2.30. The number of carbonyl (C=O) groups excluding carboxylic acids is 2. The zero-order chi connectivity index (χ0) is 18.8. The molecular formula is C18H16FN3O3S. The average molecular weight is 373 g/mol. The average Bonchev–Trinajstić information content (AvgIpc) is 3.16. The molecule has 0 unspecified atom stereocenters. The van der Waals surface area contributed by atoms with Crippen molar-refractivity contribution in [2.75, 3.05) is 10.6 Å². The molecule has 6 nitrogen and oxygen atoms in total. The SMILES string of the molecule is CC(=O)Nc1ccc(F)c(NC(=O)c2sc(-c3ccc(C)o3)nc2C)c1. The molecule has 0 saturated carbocycles. The second-order valence-electron chi connectivity index (χ2n) is 5.67. The molecule has 26 heavy (non-hydrogen) atoms. The number of thiazole rings is 1. The van der Waals surface area contributed by atoms with E-state index in [1.54, 1.807) is 13.0 Å². The van der Waals surface area contributed by atoms with Crippen LogP contribution in [0.5, 0.6) is 0 Å². The number of nitrogens with zero attached hydrogens (tertiary/aromatic N) is 1. The predicted octanol–water partition coefficient (Wildman–Crippen LogP) is 4.37. The molecule has 0 atom stereocenters. The van der Waals surface area contributed by atoms with Crippen LogP contribution in [0.4, 0.5) is 15.8 Å². The van der Waals surface area contributed by atoms with E-state index < -0.39 is 11.7 Å². The highest BCUT2D eigenvalue weighted by atomic mass is 32.1. The van der Waals surface area contributed by atoms with Crippen molar-refractivity contribution in [1.29, 1.82) is 0 Å². The number of benzene rings is 1. The first-order valence-electron chi connectivity index (χ1n) is 7.76. The molecule has 0 aliphatic carbocycles. The summed E-state index contributed by atoms with van der Waals surface area (Å²) in [5, 5.41) is 5.65. The summed E-state index contributed by atoms with van der Waals surface area (Å²) in [7, 11) is 0. The molecule has 134 valence electrons. The molecule has 0 fully saturated rings. The third kappa shape index (κ3) is 3.80. The summed E-state index contributed by atoms with van der Waals surface area (Å²) >= 11 is 1.16. The van der Waals surface area contributed by atoms with Crippen LogP contribution < -0.4 is 10.6 Å². The third-order valence-corrected chi connectivity index (χ3v) is 4.66. The largest absolute Gasteiger partial charge is 0.459 e. The summed E-state index contributed by atoms with van der Waals surface area (Å²) in [6, 6.07) is 7.56. The third-order valence-electron chi connectivity index (χ3n) is 3.49. The number of nitrogens with one attached hydrogen (secondary N) is 2. The Morgan fingerprint density at radius 3 is 2.58 bits per heavy atom. The van der Waals surface area contributed by atoms with Gasteiger partial charge in [0.25, 0.3) is 5.91 Å². The first kappa shape index (κ1) is 17.8. The van der Waals surface area contributed by atoms with Crippen molar-refractivity contribution in [3.8, 4) is 10.8 Å². The zero-order valence-corrected chi connectivity index (χ0v) is 15.2. The Morgan fingerprint density at radius 1 is 1.15 bits per heavy atom. The molecule has 2 N–H and O–H groups in total. The van der Waals surface area contributed by atoms with E-state index in [1.807, 2.05) is 13.0 Å². The van der Waals surface area contributed by atoms with E-state index in [2.05, 4.69) is 15.6 Å². The van der Waals surface area contributed by atoms with Crippen LogP contribution in [0.2, 0.25) is 0 Å². The van der Waals surface area contributed by atoms with Gasteiger partial charge in [0.2, 0.25) is 5.91 Å². The number of hydrogen-bond donors (Lipinski definition) is 2. The van der Waals surface area contributed by atoms with Crippen LogP contribution in [-0.2, 0) is 4.79 Å². The highest BCUT2D eigenvalue weighted by molar-refractivity contribution is 7.17. The number of amides is 2. The van der Waals surface area contributed by atoms with Crippen molar-refractivity contribution in [3.05, 3.63) is 52.5 Å². The Labute approximate surface area is 153 Å². The highest BCUT2D eigenvalue weighted by Gasteiger charge is 2.19. The Hall–Kier alpha value is -3.00. The number of aromatic nitrogens is 1. The van der Waals surface area contributed by atoms with Crippen molar-refractivity contribution in [2.45, 2.75) is 20.8 Å². The molecule has 0 saturated heterocycles. The molecule has 0 bridgehead atoms. The molecule has 0 radical (unpaired) electrons. The lowest BCUT2D eigenvalue weighted by atomic mass is 10.2. The minimum absolute atomic E-state index is 0.0237. The van der Waals surface area contributed by atoms with E-state index in [0.29, 0.717) is 27.0 Å². The molecule has 8 heteroatoms. The maximum absolute atomic E-state index is 14.0. The van der Waals surface area contributed by atoms with Crippen molar-refractivity contribution >= 4 is 34.5 Å². The van der Waals surface area contributed by atoms with Gasteiger partial charge < -0.3 is 15.1 Å². The summed E-state index contributed by atoms with van der Waals surface area (Å²) in [6.45, 7) is 4.87. The lowest BCUT2D eigenvalue weighted by Crippen LogP contribution is -2.13. The molecule has 1 aromatic carbocycles. The van der Waals surface area contributed by atoms with Crippen LogP contribution >= 0.6 is 11.3 Å². The summed E-state index contributed by atoms with van der Waals surface area (Å²) in [5.41, 5.74) is 0.890. The molecule has 2 amide bonds. The Bertz CT molecular complexity index is 993. The number of furan rings is 1. The molecule has 0 aliphatic heterocycles. The summed E-state index contributed by atoms with van der Waals surface area (Å²) in [6.07, 6.45) is 0. The van der Waals surface area contributed by atoms with Gasteiger partial charge in [0.15, 0.2) is 10.8 Å². The van der Waals surface area contributed by atoms with E-state index in [0.717, 1.165) is 17.1 Å². The lowest BCUT2D eigenvalue weighted by Gasteiger charge is -2.08. The van der Waals surface area contributed by atoms with Crippen LogP contribution in [0.15, 0.2) is 34.7 Å². The predicted molar refractivity (Wildman–Crippen MR) is 97.9 cm³/mol. The monoisotopic (exact) mass is 373 g/mol. The number of aryl methyl sites for hydroxylation is 2. The topological polar surface area (TPSA) is 84.2 Å². The fourth-order valence-corrected chi connectivity index (χ4v) is 3.27. The van der Waals surface area contributed by atoms with Gasteiger partial charge in [0.05, 0.1) is 11.4 Å². The maximum Gasteiger partial charge on any atom is 0.267 e. The van der Waals surface area contributed by atoms with E-state index >= 15 is 0 Å². The van der Waals surface area contributed by atoms with Gasteiger partial charge in [0.1, 0.15) is 16.5 Å². The molecule has 0 aliphatic rings. The quantitative estimate of drug-likeness (QED) is 0.711. The van der Waals surface area contributed by atoms with E-state index in [9.17, 15) is 14.0 Å². The van der Waals surface area contributed by atoms with Gasteiger partial charge >= 0.3 is 0 Å². The molecule has 2 heterocycles. The second-order valence-corrected chi connectivity index (χ2v) is 6.67. The number of anilines is 2. The number of hydrogen-bond acceptors (Lipinski definition) is 5. The zero-order valence-electron chi connectivity index (χ0n) is 14.3. The molecule has 3 rings (SSSR count). The Balaban J connectivity index is 1.84. The normalized spacial score (nSPS) is 10.6. The van der Waals surface area contributed by atoms with E-state index in [-0.39, 0.29) is 11.6 Å². The van der Waals surface area contributed by atoms with E-state index in [1.165, 1.54) is 25.1 Å². The van der Waals surface area contributed by atoms with Crippen molar-refractivity contribution in [2.24, 2.45) is 0 Å². The van der Waals surface area contributed by atoms with Gasteiger partial charge in [-0.25, -0.2) is 9.37 Å². The van der Waals surface area contributed by atoms with Crippen molar-refractivity contribution in [3.63, 3.8) is 0 Å². The minimum atomic E-state index is -0.600. The Kier molecular flexibility index (Phi) is 4.85.